The first kappa shape index (κ1) is 13.7. The van der Waals surface area contributed by atoms with Gasteiger partial charge in [0.15, 0.2) is 0 Å². The van der Waals surface area contributed by atoms with Crippen LogP contribution in [0, 0.1) is 5.82 Å². The lowest BCUT2D eigenvalue weighted by molar-refractivity contribution is 0.0961. The minimum Gasteiger partial charge on any atom is -0.355 e. The number of nitrogens with one attached hydrogen (secondary N) is 2. The van der Waals surface area contributed by atoms with Gasteiger partial charge < -0.3 is 10.6 Å². The molecule has 0 aliphatic rings. The molecule has 20 heavy (non-hydrogen) atoms. The van der Waals surface area contributed by atoms with Gasteiger partial charge in [-0.25, -0.2) is 4.39 Å². The van der Waals surface area contributed by atoms with E-state index in [1.165, 1.54) is 31.3 Å². The highest BCUT2D eigenvalue weighted by Gasteiger charge is 2.08. The molecule has 0 atom stereocenters. The second-order valence-corrected chi connectivity index (χ2v) is 4.12. The van der Waals surface area contributed by atoms with E-state index < -0.39 is 5.82 Å². The van der Waals surface area contributed by atoms with Crippen LogP contribution in [0.15, 0.2) is 48.5 Å². The van der Waals surface area contributed by atoms with Crippen LogP contribution in [0.3, 0.4) is 0 Å². The largest absolute Gasteiger partial charge is 0.355 e. The molecule has 102 valence electrons. The SMILES string of the molecule is CNC(=O)c1cccc(NC(=O)c2ccc(F)cc2)c1. The first-order valence-electron chi connectivity index (χ1n) is 5.99. The third kappa shape index (κ3) is 3.20. The Morgan fingerprint density at radius 2 is 1.65 bits per heavy atom. The van der Waals surface area contributed by atoms with Gasteiger partial charge in [-0.3, -0.25) is 9.59 Å². The van der Waals surface area contributed by atoms with Crippen LogP contribution in [0.1, 0.15) is 20.7 Å². The highest BCUT2D eigenvalue weighted by Crippen LogP contribution is 2.12. The molecule has 0 heterocycles. The molecule has 0 saturated heterocycles. The summed E-state index contributed by atoms with van der Waals surface area (Å²) < 4.78 is 12.8. The van der Waals surface area contributed by atoms with E-state index in [0.29, 0.717) is 16.8 Å². The van der Waals surface area contributed by atoms with Gasteiger partial charge in [0.05, 0.1) is 0 Å². The molecule has 2 rings (SSSR count). The molecule has 0 radical (unpaired) electrons. The summed E-state index contributed by atoms with van der Waals surface area (Å²) in [7, 11) is 1.53. The maximum absolute atomic E-state index is 12.8. The van der Waals surface area contributed by atoms with Crippen molar-refractivity contribution in [3.8, 4) is 0 Å². The van der Waals surface area contributed by atoms with Gasteiger partial charge >= 0.3 is 0 Å². The van der Waals surface area contributed by atoms with Crippen molar-refractivity contribution in [2.75, 3.05) is 12.4 Å². The maximum Gasteiger partial charge on any atom is 0.255 e. The molecule has 0 aliphatic heterocycles. The number of anilines is 1. The van der Waals surface area contributed by atoms with Crippen LogP contribution < -0.4 is 10.6 Å². The molecular weight excluding hydrogens is 259 g/mol. The lowest BCUT2D eigenvalue weighted by Crippen LogP contribution is -2.18. The number of rotatable bonds is 3. The molecule has 2 amide bonds. The zero-order chi connectivity index (χ0) is 14.5. The van der Waals surface area contributed by atoms with Gasteiger partial charge in [0, 0.05) is 23.9 Å². The third-order valence-corrected chi connectivity index (χ3v) is 2.72. The topological polar surface area (TPSA) is 58.2 Å². The number of amides is 2. The average molecular weight is 272 g/mol. The number of halogens is 1. The van der Waals surface area contributed by atoms with E-state index >= 15 is 0 Å². The molecule has 0 bridgehead atoms. The number of hydrogen-bond donors (Lipinski definition) is 2. The lowest BCUT2D eigenvalue weighted by Gasteiger charge is -2.07. The summed E-state index contributed by atoms with van der Waals surface area (Å²) in [5.41, 5.74) is 1.29. The number of hydrogen-bond acceptors (Lipinski definition) is 2. The molecule has 0 unspecified atom stereocenters. The Morgan fingerprint density at radius 3 is 2.30 bits per heavy atom. The molecule has 0 aliphatic carbocycles. The van der Waals surface area contributed by atoms with Crippen molar-refractivity contribution in [2.24, 2.45) is 0 Å². The van der Waals surface area contributed by atoms with Crippen molar-refractivity contribution in [3.63, 3.8) is 0 Å². The molecular formula is C15H13FN2O2. The molecule has 5 heteroatoms. The first-order chi connectivity index (χ1) is 9.60. The van der Waals surface area contributed by atoms with E-state index in [1.54, 1.807) is 24.3 Å². The van der Waals surface area contributed by atoms with E-state index in [9.17, 15) is 14.0 Å². The average Bonchev–Trinajstić information content (AvgIpc) is 2.47. The number of carbonyl (C=O) groups excluding carboxylic acids is 2. The second kappa shape index (κ2) is 5.97. The van der Waals surface area contributed by atoms with Gasteiger partial charge in [-0.1, -0.05) is 6.07 Å². The van der Waals surface area contributed by atoms with Crippen molar-refractivity contribution >= 4 is 17.5 Å². The van der Waals surface area contributed by atoms with Gasteiger partial charge in [0.25, 0.3) is 11.8 Å². The predicted octanol–water partition coefficient (Wildman–Crippen LogP) is 2.44. The van der Waals surface area contributed by atoms with E-state index in [4.69, 9.17) is 0 Å². The minimum atomic E-state index is -0.400. The Bertz CT molecular complexity index is 639. The van der Waals surface area contributed by atoms with Crippen molar-refractivity contribution in [1.29, 1.82) is 0 Å². The fourth-order valence-electron chi connectivity index (χ4n) is 1.69. The van der Waals surface area contributed by atoms with Crippen molar-refractivity contribution in [1.82, 2.24) is 5.32 Å². The summed E-state index contributed by atoms with van der Waals surface area (Å²) in [6.45, 7) is 0. The number of carbonyl (C=O) groups is 2. The molecule has 2 N–H and O–H groups in total. The van der Waals surface area contributed by atoms with Crippen LogP contribution in [0.25, 0.3) is 0 Å². The van der Waals surface area contributed by atoms with E-state index in [1.807, 2.05) is 0 Å². The minimum absolute atomic E-state index is 0.233. The molecule has 0 spiro atoms. The Balaban J connectivity index is 2.15. The van der Waals surface area contributed by atoms with E-state index in [2.05, 4.69) is 10.6 Å². The maximum atomic E-state index is 12.8. The smallest absolute Gasteiger partial charge is 0.255 e. The Morgan fingerprint density at radius 1 is 0.950 bits per heavy atom. The van der Waals surface area contributed by atoms with Gasteiger partial charge in [0.1, 0.15) is 5.82 Å². The molecule has 0 fully saturated rings. The monoisotopic (exact) mass is 272 g/mol. The molecule has 4 nitrogen and oxygen atoms in total. The van der Waals surface area contributed by atoms with Crippen molar-refractivity contribution in [3.05, 3.63) is 65.5 Å². The Hall–Kier alpha value is -2.69. The van der Waals surface area contributed by atoms with Crippen molar-refractivity contribution in [2.45, 2.75) is 0 Å². The summed E-state index contributed by atoms with van der Waals surface area (Å²) in [5, 5.41) is 5.16. The van der Waals surface area contributed by atoms with Gasteiger partial charge in [0.2, 0.25) is 0 Å². The zero-order valence-electron chi connectivity index (χ0n) is 10.8. The fraction of sp³-hybridized carbons (Fsp3) is 0.0667. The Labute approximate surface area is 115 Å². The standard InChI is InChI=1S/C15H13FN2O2/c1-17-14(19)11-3-2-4-13(9-11)18-15(20)10-5-7-12(16)8-6-10/h2-9H,1H3,(H,17,19)(H,18,20). The van der Waals surface area contributed by atoms with Gasteiger partial charge in [-0.15, -0.1) is 0 Å². The van der Waals surface area contributed by atoms with E-state index in [0.717, 1.165) is 0 Å². The van der Waals surface area contributed by atoms with Gasteiger partial charge in [-0.2, -0.15) is 0 Å². The van der Waals surface area contributed by atoms with Crippen molar-refractivity contribution < 1.29 is 14.0 Å². The lowest BCUT2D eigenvalue weighted by atomic mass is 10.1. The van der Waals surface area contributed by atoms with Crippen LogP contribution in [-0.4, -0.2) is 18.9 Å². The molecule has 0 saturated carbocycles. The Kier molecular flexibility index (Phi) is 4.10. The van der Waals surface area contributed by atoms with Crippen LogP contribution in [-0.2, 0) is 0 Å². The second-order valence-electron chi connectivity index (χ2n) is 4.12. The third-order valence-electron chi connectivity index (χ3n) is 2.72. The summed E-state index contributed by atoms with van der Waals surface area (Å²) in [6.07, 6.45) is 0. The van der Waals surface area contributed by atoms with Crippen LogP contribution in [0.4, 0.5) is 10.1 Å². The highest BCUT2D eigenvalue weighted by atomic mass is 19.1. The molecule has 0 aromatic heterocycles. The first-order valence-corrected chi connectivity index (χ1v) is 5.99. The molecule has 2 aromatic carbocycles. The highest BCUT2D eigenvalue weighted by molar-refractivity contribution is 6.05. The summed E-state index contributed by atoms with van der Waals surface area (Å²) in [4.78, 5) is 23.4. The summed E-state index contributed by atoms with van der Waals surface area (Å²) >= 11 is 0. The quantitative estimate of drug-likeness (QED) is 0.901. The predicted molar refractivity (Wildman–Crippen MR) is 74.2 cm³/mol. The van der Waals surface area contributed by atoms with Gasteiger partial charge in [-0.05, 0) is 42.5 Å². The van der Waals surface area contributed by atoms with Crippen LogP contribution in [0.2, 0.25) is 0 Å². The zero-order valence-corrected chi connectivity index (χ0v) is 10.8. The van der Waals surface area contributed by atoms with Crippen LogP contribution >= 0.6 is 0 Å². The number of benzene rings is 2. The summed E-state index contributed by atoms with van der Waals surface area (Å²) in [6, 6.07) is 11.8. The normalized spacial score (nSPS) is 9.90. The fourth-order valence-corrected chi connectivity index (χ4v) is 1.69. The molecule has 2 aromatic rings. The summed E-state index contributed by atoms with van der Waals surface area (Å²) in [5.74, 6) is -0.995. The van der Waals surface area contributed by atoms with E-state index in [-0.39, 0.29) is 11.8 Å². The van der Waals surface area contributed by atoms with Crippen LogP contribution in [0.5, 0.6) is 0 Å².